The Hall–Kier alpha value is -1.35. The number of amides is 1. The number of aryl methyl sites for hydroxylation is 2. The minimum Gasteiger partial charge on any atom is -0.311 e. The Kier molecular flexibility index (Phi) is 8.18. The number of para-hydroxylation sites is 1. The fraction of sp³-hybridized carbons (Fsp3) is 0.632. The summed E-state index contributed by atoms with van der Waals surface area (Å²) in [6.45, 7) is 12.2. The number of nitrogens with zero attached hydrogens (tertiary/aromatic N) is 1. The molecule has 3 nitrogen and oxygen atoms in total. The van der Waals surface area contributed by atoms with Crippen LogP contribution in [0, 0.1) is 13.8 Å². The molecule has 1 aromatic rings. The molecule has 0 aliphatic rings. The van der Waals surface area contributed by atoms with Crippen LogP contribution < -0.4 is 10.2 Å². The van der Waals surface area contributed by atoms with E-state index < -0.39 is 0 Å². The van der Waals surface area contributed by atoms with Crippen LogP contribution in [0.15, 0.2) is 18.2 Å². The second kappa shape index (κ2) is 9.62. The lowest BCUT2D eigenvalue weighted by atomic mass is 10.1. The van der Waals surface area contributed by atoms with Gasteiger partial charge in [0, 0.05) is 12.2 Å². The van der Waals surface area contributed by atoms with Crippen molar-refractivity contribution in [3.8, 4) is 0 Å². The molecule has 0 saturated heterocycles. The minimum absolute atomic E-state index is 0.137. The van der Waals surface area contributed by atoms with Crippen LogP contribution in [0.4, 0.5) is 5.69 Å². The molecular formula is C19H32N2O. The number of anilines is 1. The summed E-state index contributed by atoms with van der Waals surface area (Å²) in [5.41, 5.74) is 3.43. The van der Waals surface area contributed by atoms with Crippen molar-refractivity contribution in [1.82, 2.24) is 5.32 Å². The lowest BCUT2D eigenvalue weighted by Gasteiger charge is -2.29. The summed E-state index contributed by atoms with van der Waals surface area (Å²) in [5.74, 6) is 0.182. The van der Waals surface area contributed by atoms with Gasteiger partial charge in [-0.25, -0.2) is 0 Å². The first kappa shape index (κ1) is 18.7. The number of hydrogen-bond acceptors (Lipinski definition) is 2. The van der Waals surface area contributed by atoms with Gasteiger partial charge in [-0.2, -0.15) is 0 Å². The summed E-state index contributed by atoms with van der Waals surface area (Å²) >= 11 is 0. The first-order valence-electron chi connectivity index (χ1n) is 8.63. The zero-order valence-electron chi connectivity index (χ0n) is 14.9. The third-order valence-electron chi connectivity index (χ3n) is 4.06. The average molecular weight is 304 g/mol. The number of benzene rings is 1. The van der Waals surface area contributed by atoms with Crippen molar-refractivity contribution in [1.29, 1.82) is 0 Å². The number of nitrogens with one attached hydrogen (secondary N) is 1. The summed E-state index contributed by atoms with van der Waals surface area (Å²) in [6, 6.07) is 6.09. The van der Waals surface area contributed by atoms with Crippen LogP contribution in [-0.4, -0.2) is 25.0 Å². The lowest BCUT2D eigenvalue weighted by Crippen LogP contribution is -2.46. The maximum absolute atomic E-state index is 12.9. The fourth-order valence-corrected chi connectivity index (χ4v) is 2.70. The Balaban J connectivity index is 2.94. The molecule has 0 bridgehead atoms. The predicted octanol–water partition coefficient (Wildman–Crippen LogP) is 4.21. The van der Waals surface area contributed by atoms with E-state index in [4.69, 9.17) is 0 Å². The van der Waals surface area contributed by atoms with E-state index in [0.29, 0.717) is 0 Å². The van der Waals surface area contributed by atoms with Crippen molar-refractivity contribution in [3.63, 3.8) is 0 Å². The number of rotatable bonds is 9. The van der Waals surface area contributed by atoms with E-state index in [-0.39, 0.29) is 11.9 Å². The van der Waals surface area contributed by atoms with Crippen LogP contribution in [0.2, 0.25) is 0 Å². The van der Waals surface area contributed by atoms with Crippen LogP contribution in [0.1, 0.15) is 57.6 Å². The van der Waals surface area contributed by atoms with E-state index in [1.54, 1.807) is 0 Å². The van der Waals surface area contributed by atoms with Crippen LogP contribution >= 0.6 is 0 Å². The summed E-state index contributed by atoms with van der Waals surface area (Å²) in [6.07, 6.45) is 4.37. The Morgan fingerprint density at radius 1 is 1.14 bits per heavy atom. The standard InChI is InChI=1S/C19H32N2O/c1-6-8-13-20-17(5)19(22)21(14-9-7-2)18-15(3)11-10-12-16(18)4/h10-12,17,20H,6-9,13-14H2,1-5H3/t17-/m1/s1. The lowest BCUT2D eigenvalue weighted by molar-refractivity contribution is -0.120. The second-order valence-corrected chi connectivity index (χ2v) is 6.11. The van der Waals surface area contributed by atoms with Gasteiger partial charge in [0.15, 0.2) is 0 Å². The molecule has 0 saturated carbocycles. The highest BCUT2D eigenvalue weighted by Crippen LogP contribution is 2.25. The molecular weight excluding hydrogens is 272 g/mol. The van der Waals surface area contributed by atoms with E-state index in [1.807, 2.05) is 11.8 Å². The maximum Gasteiger partial charge on any atom is 0.243 e. The summed E-state index contributed by atoms with van der Waals surface area (Å²) < 4.78 is 0. The molecule has 1 atom stereocenters. The van der Waals surface area contributed by atoms with Gasteiger partial charge in [-0.3, -0.25) is 4.79 Å². The van der Waals surface area contributed by atoms with Gasteiger partial charge in [-0.05, 0) is 51.3 Å². The molecule has 1 amide bonds. The largest absolute Gasteiger partial charge is 0.311 e. The minimum atomic E-state index is -0.137. The number of unbranched alkanes of at least 4 members (excludes halogenated alkanes) is 2. The van der Waals surface area contributed by atoms with Crippen molar-refractivity contribution in [3.05, 3.63) is 29.3 Å². The zero-order chi connectivity index (χ0) is 16.5. The van der Waals surface area contributed by atoms with Crippen LogP contribution in [0.25, 0.3) is 0 Å². The van der Waals surface area contributed by atoms with Crippen molar-refractivity contribution < 1.29 is 4.79 Å². The highest BCUT2D eigenvalue weighted by atomic mass is 16.2. The molecule has 0 aliphatic heterocycles. The molecule has 0 fully saturated rings. The Morgan fingerprint density at radius 2 is 1.73 bits per heavy atom. The van der Waals surface area contributed by atoms with E-state index in [9.17, 15) is 4.79 Å². The Labute approximate surface area is 136 Å². The molecule has 1 N–H and O–H groups in total. The van der Waals surface area contributed by atoms with Gasteiger partial charge in [0.1, 0.15) is 0 Å². The van der Waals surface area contributed by atoms with Crippen LogP contribution in [-0.2, 0) is 4.79 Å². The van der Waals surface area contributed by atoms with E-state index in [2.05, 4.69) is 51.2 Å². The Bertz CT molecular complexity index is 450. The number of hydrogen-bond donors (Lipinski definition) is 1. The molecule has 1 aromatic carbocycles. The molecule has 0 heterocycles. The third kappa shape index (κ3) is 5.13. The van der Waals surface area contributed by atoms with E-state index in [0.717, 1.165) is 44.5 Å². The topological polar surface area (TPSA) is 32.3 Å². The molecule has 0 radical (unpaired) electrons. The highest BCUT2D eigenvalue weighted by molar-refractivity contribution is 5.98. The van der Waals surface area contributed by atoms with Crippen molar-refractivity contribution in [2.45, 2.75) is 66.3 Å². The molecule has 0 spiro atoms. The maximum atomic E-state index is 12.9. The fourth-order valence-electron chi connectivity index (χ4n) is 2.70. The average Bonchev–Trinajstić information content (AvgIpc) is 2.49. The van der Waals surface area contributed by atoms with Crippen molar-refractivity contribution >= 4 is 11.6 Å². The van der Waals surface area contributed by atoms with Gasteiger partial charge in [0.05, 0.1) is 6.04 Å². The van der Waals surface area contributed by atoms with Gasteiger partial charge >= 0.3 is 0 Å². The quantitative estimate of drug-likeness (QED) is 0.693. The van der Waals surface area contributed by atoms with Gasteiger partial charge in [0.2, 0.25) is 5.91 Å². The number of carbonyl (C=O) groups is 1. The first-order chi connectivity index (χ1) is 10.5. The van der Waals surface area contributed by atoms with Gasteiger partial charge < -0.3 is 10.2 Å². The third-order valence-corrected chi connectivity index (χ3v) is 4.06. The van der Waals surface area contributed by atoms with Crippen LogP contribution in [0.5, 0.6) is 0 Å². The van der Waals surface area contributed by atoms with Gasteiger partial charge in [-0.1, -0.05) is 44.9 Å². The molecule has 3 heteroatoms. The summed E-state index contributed by atoms with van der Waals surface area (Å²) in [4.78, 5) is 14.9. The molecule has 124 valence electrons. The molecule has 0 unspecified atom stereocenters. The Morgan fingerprint density at radius 3 is 2.27 bits per heavy atom. The van der Waals surface area contributed by atoms with Crippen LogP contribution in [0.3, 0.4) is 0 Å². The number of carbonyl (C=O) groups excluding carboxylic acids is 1. The molecule has 0 aliphatic carbocycles. The first-order valence-corrected chi connectivity index (χ1v) is 8.63. The zero-order valence-corrected chi connectivity index (χ0v) is 14.9. The summed E-state index contributed by atoms with van der Waals surface area (Å²) in [7, 11) is 0. The SMILES string of the molecule is CCCCN[C@H](C)C(=O)N(CCCC)c1c(C)cccc1C. The van der Waals surface area contributed by atoms with E-state index >= 15 is 0 Å². The molecule has 22 heavy (non-hydrogen) atoms. The van der Waals surface area contributed by atoms with Gasteiger partial charge in [0.25, 0.3) is 0 Å². The van der Waals surface area contributed by atoms with Crippen molar-refractivity contribution in [2.75, 3.05) is 18.0 Å². The van der Waals surface area contributed by atoms with E-state index in [1.165, 1.54) is 11.1 Å². The second-order valence-electron chi connectivity index (χ2n) is 6.11. The highest BCUT2D eigenvalue weighted by Gasteiger charge is 2.23. The normalized spacial score (nSPS) is 12.2. The summed E-state index contributed by atoms with van der Waals surface area (Å²) in [5, 5.41) is 3.36. The molecule has 1 rings (SSSR count). The monoisotopic (exact) mass is 304 g/mol. The smallest absolute Gasteiger partial charge is 0.243 e. The van der Waals surface area contributed by atoms with Gasteiger partial charge in [-0.15, -0.1) is 0 Å². The predicted molar refractivity (Wildman–Crippen MR) is 95.5 cm³/mol. The van der Waals surface area contributed by atoms with Crippen molar-refractivity contribution in [2.24, 2.45) is 0 Å². The molecule has 0 aromatic heterocycles.